The molecule has 0 aromatic heterocycles. The SMILES string of the molecule is CC(C)(C)C=CCCC(C)(C)C. The van der Waals surface area contributed by atoms with Crippen LogP contribution in [0.3, 0.4) is 0 Å². The van der Waals surface area contributed by atoms with Crippen molar-refractivity contribution in [2.75, 3.05) is 0 Å². The summed E-state index contributed by atoms with van der Waals surface area (Å²) in [4.78, 5) is 0. The van der Waals surface area contributed by atoms with Crippen molar-refractivity contribution in [1.29, 1.82) is 0 Å². The Balaban J connectivity index is 3.64. The van der Waals surface area contributed by atoms with Crippen LogP contribution in [0, 0.1) is 10.8 Å². The van der Waals surface area contributed by atoms with E-state index < -0.39 is 0 Å². The Bertz CT molecular complexity index is 138. The summed E-state index contributed by atoms with van der Waals surface area (Å²) in [5.41, 5.74) is 0.820. The van der Waals surface area contributed by atoms with Crippen LogP contribution in [0.5, 0.6) is 0 Å². The molecule has 0 aliphatic heterocycles. The van der Waals surface area contributed by atoms with Crippen molar-refractivity contribution in [2.45, 2.75) is 54.4 Å². The van der Waals surface area contributed by atoms with E-state index in [1.165, 1.54) is 12.8 Å². The van der Waals surface area contributed by atoms with Crippen LogP contribution in [-0.2, 0) is 0 Å². The Morgan fingerprint density at radius 3 is 1.75 bits per heavy atom. The van der Waals surface area contributed by atoms with Crippen LogP contribution in [0.25, 0.3) is 0 Å². The predicted molar refractivity (Wildman–Crippen MR) is 57.3 cm³/mol. The molecule has 0 aliphatic carbocycles. The first-order valence-corrected chi connectivity index (χ1v) is 4.88. The minimum absolute atomic E-state index is 0.345. The van der Waals surface area contributed by atoms with Gasteiger partial charge in [0.15, 0.2) is 0 Å². The highest BCUT2D eigenvalue weighted by atomic mass is 14.1. The molecule has 0 aromatic rings. The number of allylic oxidation sites excluding steroid dienone is 2. The Morgan fingerprint density at radius 1 is 0.917 bits per heavy atom. The van der Waals surface area contributed by atoms with Crippen LogP contribution in [0.1, 0.15) is 54.4 Å². The normalized spacial score (nSPS) is 14.2. The van der Waals surface area contributed by atoms with Crippen molar-refractivity contribution in [3.63, 3.8) is 0 Å². The van der Waals surface area contributed by atoms with Crippen molar-refractivity contribution in [3.05, 3.63) is 12.2 Å². The molecule has 0 fully saturated rings. The van der Waals surface area contributed by atoms with Crippen LogP contribution in [0.15, 0.2) is 12.2 Å². The molecule has 0 bridgehead atoms. The van der Waals surface area contributed by atoms with Crippen LogP contribution in [0.4, 0.5) is 0 Å². The fraction of sp³-hybridized carbons (Fsp3) is 0.833. The van der Waals surface area contributed by atoms with E-state index >= 15 is 0 Å². The molecule has 0 saturated heterocycles. The second-order valence-corrected chi connectivity index (χ2v) is 5.87. The van der Waals surface area contributed by atoms with E-state index in [0.717, 1.165) is 0 Å². The number of rotatable bonds is 2. The van der Waals surface area contributed by atoms with Gasteiger partial charge in [-0.1, -0.05) is 53.7 Å². The fourth-order valence-electron chi connectivity index (χ4n) is 0.953. The Hall–Kier alpha value is -0.260. The van der Waals surface area contributed by atoms with Gasteiger partial charge in [-0.3, -0.25) is 0 Å². The van der Waals surface area contributed by atoms with Gasteiger partial charge in [-0.05, 0) is 23.7 Å². The molecule has 0 nitrogen and oxygen atoms in total. The molecular formula is C12H24. The van der Waals surface area contributed by atoms with E-state index in [4.69, 9.17) is 0 Å². The average Bonchev–Trinajstić information content (AvgIpc) is 1.76. The molecule has 0 unspecified atom stereocenters. The Labute approximate surface area is 78.1 Å². The van der Waals surface area contributed by atoms with Crippen LogP contribution < -0.4 is 0 Å². The zero-order valence-corrected chi connectivity index (χ0v) is 9.57. The average molecular weight is 168 g/mol. The molecule has 72 valence electrons. The second kappa shape index (κ2) is 4.11. The van der Waals surface area contributed by atoms with Crippen molar-refractivity contribution in [2.24, 2.45) is 10.8 Å². The summed E-state index contributed by atoms with van der Waals surface area (Å²) < 4.78 is 0. The first-order valence-electron chi connectivity index (χ1n) is 4.88. The summed E-state index contributed by atoms with van der Waals surface area (Å²) in [7, 11) is 0. The Kier molecular flexibility index (Phi) is 4.02. The quantitative estimate of drug-likeness (QED) is 0.536. The lowest BCUT2D eigenvalue weighted by atomic mass is 9.89. The van der Waals surface area contributed by atoms with Gasteiger partial charge in [0, 0.05) is 0 Å². The van der Waals surface area contributed by atoms with E-state index in [1.807, 2.05) is 0 Å². The minimum Gasteiger partial charge on any atom is -0.0880 e. The van der Waals surface area contributed by atoms with Crippen LogP contribution >= 0.6 is 0 Å². The zero-order chi connectivity index (χ0) is 9.83. The molecule has 0 aromatic carbocycles. The second-order valence-electron chi connectivity index (χ2n) is 5.87. The molecule has 0 radical (unpaired) electrons. The highest BCUT2D eigenvalue weighted by Gasteiger charge is 2.08. The lowest BCUT2D eigenvalue weighted by Crippen LogP contribution is -2.04. The molecule has 0 N–H and O–H groups in total. The Morgan fingerprint density at radius 2 is 1.42 bits per heavy atom. The summed E-state index contributed by atoms with van der Waals surface area (Å²) >= 11 is 0. The van der Waals surface area contributed by atoms with Gasteiger partial charge in [-0.15, -0.1) is 0 Å². The lowest BCUT2D eigenvalue weighted by molar-refractivity contribution is 0.380. The van der Waals surface area contributed by atoms with Crippen LogP contribution in [0.2, 0.25) is 0 Å². The zero-order valence-electron chi connectivity index (χ0n) is 9.57. The van der Waals surface area contributed by atoms with Gasteiger partial charge < -0.3 is 0 Å². The summed E-state index contributed by atoms with van der Waals surface area (Å²) in [6.07, 6.45) is 7.10. The number of hydrogen-bond donors (Lipinski definition) is 0. The predicted octanol–water partition coefficient (Wildman–Crippen LogP) is 4.42. The molecule has 0 spiro atoms. The van der Waals surface area contributed by atoms with E-state index in [2.05, 4.69) is 53.7 Å². The third-order valence-corrected chi connectivity index (χ3v) is 1.68. The third-order valence-electron chi connectivity index (χ3n) is 1.68. The van der Waals surface area contributed by atoms with Gasteiger partial charge in [0.05, 0.1) is 0 Å². The van der Waals surface area contributed by atoms with E-state index in [9.17, 15) is 0 Å². The molecule has 0 rings (SSSR count). The molecule has 0 heteroatoms. The van der Waals surface area contributed by atoms with E-state index in [0.29, 0.717) is 10.8 Å². The molecule has 0 heterocycles. The van der Waals surface area contributed by atoms with Gasteiger partial charge in [-0.2, -0.15) is 0 Å². The standard InChI is InChI=1S/C12H24/c1-11(2,3)9-7-8-10-12(4,5)6/h7,9H,8,10H2,1-6H3. The van der Waals surface area contributed by atoms with Crippen molar-refractivity contribution >= 4 is 0 Å². The maximum Gasteiger partial charge on any atom is -0.0203 e. The van der Waals surface area contributed by atoms with Gasteiger partial charge in [0.1, 0.15) is 0 Å². The molecule has 0 amide bonds. The first-order chi connectivity index (χ1) is 5.21. The van der Waals surface area contributed by atoms with Gasteiger partial charge >= 0.3 is 0 Å². The lowest BCUT2D eigenvalue weighted by Gasteiger charge is -2.17. The smallest absolute Gasteiger partial charge is 0.0203 e. The summed E-state index contributed by atoms with van der Waals surface area (Å²) in [6, 6.07) is 0. The maximum absolute atomic E-state index is 2.31. The molecule has 0 saturated carbocycles. The van der Waals surface area contributed by atoms with Crippen molar-refractivity contribution in [1.82, 2.24) is 0 Å². The third kappa shape index (κ3) is 9.74. The molecule has 0 aliphatic rings. The van der Waals surface area contributed by atoms with E-state index in [-0.39, 0.29) is 0 Å². The molecule has 0 atom stereocenters. The summed E-state index contributed by atoms with van der Waals surface area (Å²) in [5.74, 6) is 0. The van der Waals surface area contributed by atoms with Gasteiger partial charge in [0.2, 0.25) is 0 Å². The summed E-state index contributed by atoms with van der Waals surface area (Å²) in [5, 5.41) is 0. The minimum atomic E-state index is 0.345. The maximum atomic E-state index is 2.31. The highest BCUT2D eigenvalue weighted by molar-refractivity contribution is 4.92. The van der Waals surface area contributed by atoms with Crippen LogP contribution in [-0.4, -0.2) is 0 Å². The monoisotopic (exact) mass is 168 g/mol. The topological polar surface area (TPSA) is 0 Å². The van der Waals surface area contributed by atoms with Gasteiger partial charge in [0.25, 0.3) is 0 Å². The largest absolute Gasteiger partial charge is 0.0880 e. The number of hydrogen-bond acceptors (Lipinski definition) is 0. The summed E-state index contributed by atoms with van der Waals surface area (Å²) in [6.45, 7) is 13.6. The molecular weight excluding hydrogens is 144 g/mol. The van der Waals surface area contributed by atoms with Crippen molar-refractivity contribution in [3.8, 4) is 0 Å². The molecule has 12 heavy (non-hydrogen) atoms. The van der Waals surface area contributed by atoms with Gasteiger partial charge in [-0.25, -0.2) is 0 Å². The van der Waals surface area contributed by atoms with E-state index in [1.54, 1.807) is 0 Å². The highest BCUT2D eigenvalue weighted by Crippen LogP contribution is 2.22. The van der Waals surface area contributed by atoms with Crippen molar-refractivity contribution < 1.29 is 0 Å². The fourth-order valence-corrected chi connectivity index (χ4v) is 0.953. The first kappa shape index (κ1) is 11.7.